The molecule has 8 nitrogen and oxygen atoms in total. The molecule has 0 aromatic carbocycles. The standard InChI is InChI=1S/C18H20FN7O/c1-26-6-2-3-15(26)11-7-12(10-22-9-11)24-17-13(16(21)27)8-14(19)18(25-17)23-5-4-20/h2-3,6-10H,4-5,20H2,1H3,(H2,21,27)(H2,23,24,25). The molecule has 0 radical (unpaired) electrons. The zero-order valence-electron chi connectivity index (χ0n) is 14.7. The van der Waals surface area contributed by atoms with Crippen molar-refractivity contribution in [3.8, 4) is 11.3 Å². The van der Waals surface area contributed by atoms with Crippen molar-refractivity contribution in [2.75, 3.05) is 23.7 Å². The van der Waals surface area contributed by atoms with Gasteiger partial charge < -0.3 is 26.7 Å². The number of aromatic nitrogens is 3. The minimum atomic E-state index is -0.791. The molecule has 0 spiro atoms. The second-order valence-electron chi connectivity index (χ2n) is 5.89. The quantitative estimate of drug-likeness (QED) is 0.504. The largest absolute Gasteiger partial charge is 0.366 e. The van der Waals surface area contributed by atoms with Crippen LogP contribution >= 0.6 is 0 Å². The maximum atomic E-state index is 14.1. The van der Waals surface area contributed by atoms with Gasteiger partial charge in [0.15, 0.2) is 11.6 Å². The molecule has 6 N–H and O–H groups in total. The summed E-state index contributed by atoms with van der Waals surface area (Å²) in [7, 11) is 1.93. The summed E-state index contributed by atoms with van der Waals surface area (Å²) in [6, 6.07) is 6.79. The number of carbonyl (C=O) groups excluding carboxylic acids is 1. The molecule has 0 saturated heterocycles. The molecule has 0 saturated carbocycles. The number of nitrogens with zero attached hydrogens (tertiary/aromatic N) is 3. The molecule has 0 unspecified atom stereocenters. The molecule has 0 aliphatic carbocycles. The smallest absolute Gasteiger partial charge is 0.252 e. The Balaban J connectivity index is 1.97. The van der Waals surface area contributed by atoms with Gasteiger partial charge in [0.2, 0.25) is 0 Å². The Bertz CT molecular complexity index is 970. The van der Waals surface area contributed by atoms with Crippen LogP contribution in [0.5, 0.6) is 0 Å². The van der Waals surface area contributed by atoms with E-state index in [-0.39, 0.29) is 17.2 Å². The minimum Gasteiger partial charge on any atom is -0.366 e. The van der Waals surface area contributed by atoms with Gasteiger partial charge in [0.1, 0.15) is 5.82 Å². The van der Waals surface area contributed by atoms with Crippen molar-refractivity contribution in [1.29, 1.82) is 0 Å². The van der Waals surface area contributed by atoms with Gasteiger partial charge in [-0.25, -0.2) is 9.37 Å². The normalized spacial score (nSPS) is 10.6. The van der Waals surface area contributed by atoms with E-state index in [0.29, 0.717) is 18.8 Å². The van der Waals surface area contributed by atoms with Gasteiger partial charge in [-0.2, -0.15) is 0 Å². The van der Waals surface area contributed by atoms with Crippen LogP contribution in [0.25, 0.3) is 11.3 Å². The highest BCUT2D eigenvalue weighted by molar-refractivity contribution is 5.98. The van der Waals surface area contributed by atoms with E-state index in [9.17, 15) is 9.18 Å². The highest BCUT2D eigenvalue weighted by atomic mass is 19.1. The number of nitrogens with two attached hydrogens (primary N) is 2. The number of hydrogen-bond donors (Lipinski definition) is 4. The van der Waals surface area contributed by atoms with E-state index in [1.165, 1.54) is 0 Å². The Morgan fingerprint density at radius 1 is 1.30 bits per heavy atom. The van der Waals surface area contributed by atoms with Crippen LogP contribution in [0.2, 0.25) is 0 Å². The Morgan fingerprint density at radius 3 is 2.78 bits per heavy atom. The molecular formula is C18H20FN7O. The number of anilines is 3. The Hall–Kier alpha value is -3.46. The summed E-state index contributed by atoms with van der Waals surface area (Å²) < 4.78 is 16.1. The van der Waals surface area contributed by atoms with Gasteiger partial charge in [-0.15, -0.1) is 0 Å². The number of pyridine rings is 2. The number of nitrogens with one attached hydrogen (secondary N) is 2. The van der Waals surface area contributed by atoms with Crippen LogP contribution in [-0.4, -0.2) is 33.5 Å². The molecule has 0 aliphatic heterocycles. The number of halogens is 1. The van der Waals surface area contributed by atoms with Crippen LogP contribution < -0.4 is 22.1 Å². The molecule has 3 heterocycles. The van der Waals surface area contributed by atoms with Crippen LogP contribution in [0.4, 0.5) is 21.7 Å². The van der Waals surface area contributed by atoms with Crippen molar-refractivity contribution in [3.63, 3.8) is 0 Å². The van der Waals surface area contributed by atoms with Gasteiger partial charge >= 0.3 is 0 Å². The number of carbonyl (C=O) groups is 1. The summed E-state index contributed by atoms with van der Waals surface area (Å²) in [5.41, 5.74) is 13.2. The third kappa shape index (κ3) is 4.04. The molecule has 3 aromatic rings. The first kappa shape index (κ1) is 18.3. The summed E-state index contributed by atoms with van der Waals surface area (Å²) in [5, 5.41) is 5.77. The third-order valence-corrected chi connectivity index (χ3v) is 3.92. The van der Waals surface area contributed by atoms with E-state index in [2.05, 4.69) is 20.6 Å². The van der Waals surface area contributed by atoms with Gasteiger partial charge in [0.25, 0.3) is 5.91 Å². The van der Waals surface area contributed by atoms with Crippen molar-refractivity contribution >= 4 is 23.2 Å². The van der Waals surface area contributed by atoms with Crippen LogP contribution in [0.15, 0.2) is 42.9 Å². The molecule has 3 aromatic heterocycles. The first-order chi connectivity index (χ1) is 13.0. The summed E-state index contributed by atoms with van der Waals surface area (Å²) >= 11 is 0. The lowest BCUT2D eigenvalue weighted by Crippen LogP contribution is -2.18. The average Bonchev–Trinajstić information content (AvgIpc) is 3.07. The maximum Gasteiger partial charge on any atom is 0.252 e. The fraction of sp³-hybridized carbons (Fsp3) is 0.167. The van der Waals surface area contributed by atoms with Gasteiger partial charge in [0.05, 0.1) is 17.4 Å². The van der Waals surface area contributed by atoms with Gasteiger partial charge in [-0.3, -0.25) is 9.78 Å². The minimum absolute atomic E-state index is 0.0144. The lowest BCUT2D eigenvalue weighted by molar-refractivity contribution is 0.100. The van der Waals surface area contributed by atoms with Crippen molar-refractivity contribution in [3.05, 3.63) is 54.2 Å². The van der Waals surface area contributed by atoms with Crippen molar-refractivity contribution in [2.24, 2.45) is 18.5 Å². The number of aryl methyl sites for hydroxylation is 1. The molecule has 0 atom stereocenters. The number of rotatable bonds is 7. The van der Waals surface area contributed by atoms with E-state index in [1.54, 1.807) is 12.4 Å². The highest BCUT2D eigenvalue weighted by Gasteiger charge is 2.16. The van der Waals surface area contributed by atoms with Gasteiger partial charge in [-0.1, -0.05) is 0 Å². The lowest BCUT2D eigenvalue weighted by atomic mass is 10.2. The zero-order valence-corrected chi connectivity index (χ0v) is 14.7. The molecule has 3 rings (SSSR count). The molecule has 1 amide bonds. The van der Waals surface area contributed by atoms with E-state index in [0.717, 1.165) is 17.3 Å². The first-order valence-corrected chi connectivity index (χ1v) is 8.27. The topological polar surface area (TPSA) is 124 Å². The van der Waals surface area contributed by atoms with E-state index < -0.39 is 11.7 Å². The Labute approximate surface area is 155 Å². The molecular weight excluding hydrogens is 349 g/mol. The molecule has 140 valence electrons. The average molecular weight is 369 g/mol. The van der Waals surface area contributed by atoms with E-state index in [4.69, 9.17) is 11.5 Å². The molecule has 27 heavy (non-hydrogen) atoms. The molecule has 9 heteroatoms. The zero-order chi connectivity index (χ0) is 19.4. The second kappa shape index (κ2) is 7.83. The third-order valence-electron chi connectivity index (χ3n) is 3.92. The Morgan fingerprint density at radius 2 is 2.11 bits per heavy atom. The van der Waals surface area contributed by atoms with Crippen molar-refractivity contribution in [2.45, 2.75) is 0 Å². The summed E-state index contributed by atoms with van der Waals surface area (Å²) in [6.07, 6.45) is 5.23. The van der Waals surface area contributed by atoms with E-state index in [1.807, 2.05) is 36.0 Å². The first-order valence-electron chi connectivity index (χ1n) is 8.27. The van der Waals surface area contributed by atoms with Crippen molar-refractivity contribution < 1.29 is 9.18 Å². The summed E-state index contributed by atoms with van der Waals surface area (Å²) in [5.74, 6) is -1.35. The van der Waals surface area contributed by atoms with Crippen LogP contribution in [0.3, 0.4) is 0 Å². The van der Waals surface area contributed by atoms with Crippen LogP contribution in [-0.2, 0) is 7.05 Å². The number of amides is 1. The molecule has 0 bridgehead atoms. The van der Waals surface area contributed by atoms with Gasteiger partial charge in [0, 0.05) is 43.8 Å². The SMILES string of the molecule is Cn1cccc1-c1cncc(Nc2nc(NCCN)c(F)cc2C(N)=O)c1. The fourth-order valence-corrected chi connectivity index (χ4v) is 2.63. The summed E-state index contributed by atoms with van der Waals surface area (Å²) in [4.78, 5) is 20.1. The maximum absolute atomic E-state index is 14.1. The van der Waals surface area contributed by atoms with Crippen LogP contribution in [0.1, 0.15) is 10.4 Å². The predicted molar refractivity (Wildman–Crippen MR) is 102 cm³/mol. The van der Waals surface area contributed by atoms with Crippen molar-refractivity contribution in [1.82, 2.24) is 14.5 Å². The van der Waals surface area contributed by atoms with E-state index >= 15 is 0 Å². The molecule has 0 fully saturated rings. The predicted octanol–water partition coefficient (Wildman–Crippen LogP) is 1.83. The number of primary amides is 1. The number of hydrogen-bond acceptors (Lipinski definition) is 6. The highest BCUT2D eigenvalue weighted by Crippen LogP contribution is 2.26. The lowest BCUT2D eigenvalue weighted by Gasteiger charge is -2.13. The Kier molecular flexibility index (Phi) is 5.32. The monoisotopic (exact) mass is 369 g/mol. The van der Waals surface area contributed by atoms with Gasteiger partial charge in [-0.05, 0) is 24.3 Å². The van der Waals surface area contributed by atoms with Crippen LogP contribution in [0, 0.1) is 5.82 Å². The summed E-state index contributed by atoms with van der Waals surface area (Å²) in [6.45, 7) is 0.647. The fourth-order valence-electron chi connectivity index (χ4n) is 2.63. The second-order valence-corrected chi connectivity index (χ2v) is 5.89. The molecule has 0 aliphatic rings.